The van der Waals surface area contributed by atoms with E-state index in [1.54, 1.807) is 0 Å². The van der Waals surface area contributed by atoms with Gasteiger partial charge in [0.1, 0.15) is 0 Å². The van der Waals surface area contributed by atoms with Crippen LogP contribution >= 0.6 is 0 Å². The van der Waals surface area contributed by atoms with Gasteiger partial charge in [0.25, 0.3) is 0 Å². The zero-order valence-electron chi connectivity index (χ0n) is 12.3. The number of guanidine groups is 1. The van der Waals surface area contributed by atoms with E-state index in [2.05, 4.69) is 20.6 Å². The van der Waals surface area contributed by atoms with Crippen LogP contribution in [0.2, 0.25) is 0 Å². The summed E-state index contributed by atoms with van der Waals surface area (Å²) in [7, 11) is 1.54. The van der Waals surface area contributed by atoms with Gasteiger partial charge in [-0.15, -0.1) is 0 Å². The smallest absolute Gasteiger partial charge is 0.361 e. The maximum atomic E-state index is 12.1. The molecule has 0 bridgehead atoms. The van der Waals surface area contributed by atoms with Gasteiger partial charge in [0.05, 0.1) is 6.42 Å². The van der Waals surface area contributed by atoms with Crippen LogP contribution in [-0.2, 0) is 6.42 Å². The van der Waals surface area contributed by atoms with Crippen LogP contribution in [0.3, 0.4) is 0 Å². The lowest BCUT2D eigenvalue weighted by molar-refractivity contribution is -0.132. The lowest BCUT2D eigenvalue weighted by Gasteiger charge is -2.12. The molecule has 120 valence electrons. The maximum Gasteiger partial charge on any atom is 0.390 e. The molecular weight excluding hydrogens is 293 g/mol. The highest BCUT2D eigenvalue weighted by Crippen LogP contribution is 2.18. The molecule has 1 heterocycles. The van der Waals surface area contributed by atoms with Crippen molar-refractivity contribution in [2.75, 3.05) is 20.1 Å². The van der Waals surface area contributed by atoms with Gasteiger partial charge in [-0.05, 0) is 18.1 Å². The van der Waals surface area contributed by atoms with E-state index in [0.717, 1.165) is 22.9 Å². The number of nitrogens with zero attached hydrogens (tertiary/aromatic N) is 1. The van der Waals surface area contributed by atoms with E-state index >= 15 is 0 Å². The van der Waals surface area contributed by atoms with Crippen molar-refractivity contribution in [1.82, 2.24) is 15.6 Å². The number of alkyl halides is 3. The fraction of sp³-hybridized carbons (Fsp3) is 0.400. The summed E-state index contributed by atoms with van der Waals surface area (Å²) in [6.45, 7) is 0.407. The Kier molecular flexibility index (Phi) is 5.30. The van der Waals surface area contributed by atoms with Gasteiger partial charge in [-0.3, -0.25) is 4.99 Å². The average molecular weight is 312 g/mol. The van der Waals surface area contributed by atoms with E-state index < -0.39 is 12.6 Å². The third-order valence-electron chi connectivity index (χ3n) is 3.29. The van der Waals surface area contributed by atoms with Crippen LogP contribution in [0.5, 0.6) is 0 Å². The molecule has 0 aliphatic carbocycles. The Morgan fingerprint density at radius 1 is 1.18 bits per heavy atom. The molecule has 0 aliphatic heterocycles. The molecule has 1 aromatic carbocycles. The minimum absolute atomic E-state index is 0.184. The predicted octanol–water partition coefficient (Wildman–Crippen LogP) is 2.83. The molecule has 4 nitrogen and oxygen atoms in total. The summed E-state index contributed by atoms with van der Waals surface area (Å²) in [5, 5.41) is 6.83. The standard InChI is InChI=1S/C15H19F3N4/c1-19-14(21-9-7-15(16,17)18)20-8-6-11-10-22-13-5-3-2-4-12(11)13/h2-5,10,22H,6-9H2,1H3,(H2,19,20,21). The van der Waals surface area contributed by atoms with Crippen LogP contribution in [-0.4, -0.2) is 37.3 Å². The number of aromatic nitrogens is 1. The Bertz CT molecular complexity index is 631. The number of aromatic amines is 1. The summed E-state index contributed by atoms with van der Waals surface area (Å²) in [5.74, 6) is 0.379. The van der Waals surface area contributed by atoms with Crippen LogP contribution in [0.15, 0.2) is 35.5 Å². The van der Waals surface area contributed by atoms with Crippen molar-refractivity contribution < 1.29 is 13.2 Å². The highest BCUT2D eigenvalue weighted by atomic mass is 19.4. The zero-order valence-corrected chi connectivity index (χ0v) is 12.3. The van der Waals surface area contributed by atoms with E-state index in [1.165, 1.54) is 7.05 Å². The highest BCUT2D eigenvalue weighted by molar-refractivity contribution is 5.83. The number of para-hydroxylation sites is 1. The Hall–Kier alpha value is -2.18. The molecule has 0 aliphatic rings. The zero-order chi connectivity index (χ0) is 16.0. The predicted molar refractivity (Wildman–Crippen MR) is 82.0 cm³/mol. The first-order chi connectivity index (χ1) is 10.5. The summed E-state index contributed by atoms with van der Waals surface area (Å²) in [4.78, 5) is 7.10. The molecule has 0 unspecified atom stereocenters. The average Bonchev–Trinajstić information content (AvgIpc) is 2.88. The molecular formula is C15H19F3N4. The second-order valence-corrected chi connectivity index (χ2v) is 4.90. The highest BCUT2D eigenvalue weighted by Gasteiger charge is 2.26. The molecule has 0 atom stereocenters. The monoisotopic (exact) mass is 312 g/mol. The lowest BCUT2D eigenvalue weighted by Crippen LogP contribution is -2.39. The van der Waals surface area contributed by atoms with Crippen molar-refractivity contribution in [3.8, 4) is 0 Å². The SMILES string of the molecule is CN=C(NCCc1c[nH]c2ccccc12)NCCC(F)(F)F. The number of halogens is 3. The molecule has 0 spiro atoms. The van der Waals surface area contributed by atoms with Crippen molar-refractivity contribution in [1.29, 1.82) is 0 Å². The maximum absolute atomic E-state index is 12.1. The van der Waals surface area contributed by atoms with Gasteiger partial charge in [-0.2, -0.15) is 13.2 Å². The molecule has 2 rings (SSSR count). The molecule has 0 amide bonds. The summed E-state index contributed by atoms with van der Waals surface area (Å²) in [6.07, 6.45) is -2.33. The summed E-state index contributed by atoms with van der Waals surface area (Å²) in [6, 6.07) is 7.99. The summed E-state index contributed by atoms with van der Waals surface area (Å²) >= 11 is 0. The Labute approximate surface area is 126 Å². The molecule has 22 heavy (non-hydrogen) atoms. The van der Waals surface area contributed by atoms with Crippen molar-refractivity contribution in [2.45, 2.75) is 19.0 Å². The fourth-order valence-electron chi connectivity index (χ4n) is 2.20. The molecule has 0 saturated carbocycles. The molecule has 0 saturated heterocycles. The summed E-state index contributed by atoms with van der Waals surface area (Å²) < 4.78 is 36.3. The van der Waals surface area contributed by atoms with Gasteiger partial charge in [-0.1, -0.05) is 18.2 Å². The first-order valence-corrected chi connectivity index (χ1v) is 7.06. The Morgan fingerprint density at radius 3 is 2.64 bits per heavy atom. The minimum Gasteiger partial charge on any atom is -0.361 e. The second kappa shape index (κ2) is 7.20. The van der Waals surface area contributed by atoms with E-state index in [-0.39, 0.29) is 6.54 Å². The molecule has 3 N–H and O–H groups in total. The third kappa shape index (κ3) is 4.68. The van der Waals surface area contributed by atoms with Gasteiger partial charge in [0.2, 0.25) is 0 Å². The number of H-pyrrole nitrogens is 1. The van der Waals surface area contributed by atoms with Gasteiger partial charge >= 0.3 is 6.18 Å². The molecule has 7 heteroatoms. The third-order valence-corrected chi connectivity index (χ3v) is 3.29. The topological polar surface area (TPSA) is 52.2 Å². The number of benzene rings is 1. The lowest BCUT2D eigenvalue weighted by atomic mass is 10.1. The number of rotatable bonds is 5. The van der Waals surface area contributed by atoms with Crippen molar-refractivity contribution in [2.24, 2.45) is 4.99 Å². The van der Waals surface area contributed by atoms with Crippen molar-refractivity contribution >= 4 is 16.9 Å². The van der Waals surface area contributed by atoms with Crippen LogP contribution in [0.1, 0.15) is 12.0 Å². The second-order valence-electron chi connectivity index (χ2n) is 4.90. The van der Waals surface area contributed by atoms with E-state index in [1.807, 2.05) is 30.5 Å². The number of aliphatic imine (C=N–C) groups is 1. The van der Waals surface area contributed by atoms with Crippen molar-refractivity contribution in [3.63, 3.8) is 0 Å². The number of fused-ring (bicyclic) bond motifs is 1. The number of hydrogen-bond acceptors (Lipinski definition) is 1. The Balaban J connectivity index is 1.79. The quantitative estimate of drug-likeness (QED) is 0.587. The summed E-state index contributed by atoms with van der Waals surface area (Å²) in [5.41, 5.74) is 2.24. The van der Waals surface area contributed by atoms with Gasteiger partial charge in [-0.25, -0.2) is 0 Å². The van der Waals surface area contributed by atoms with Gasteiger partial charge in [0, 0.05) is 37.2 Å². The first-order valence-electron chi connectivity index (χ1n) is 7.06. The largest absolute Gasteiger partial charge is 0.390 e. The molecule has 0 fully saturated rings. The number of hydrogen-bond donors (Lipinski definition) is 3. The van der Waals surface area contributed by atoms with Crippen LogP contribution in [0, 0.1) is 0 Å². The van der Waals surface area contributed by atoms with E-state index in [0.29, 0.717) is 12.5 Å². The number of nitrogens with one attached hydrogen (secondary N) is 3. The first kappa shape index (κ1) is 16.2. The normalized spacial score (nSPS) is 12.6. The van der Waals surface area contributed by atoms with Crippen LogP contribution < -0.4 is 10.6 Å². The van der Waals surface area contributed by atoms with E-state index in [9.17, 15) is 13.2 Å². The van der Waals surface area contributed by atoms with Crippen LogP contribution in [0.4, 0.5) is 13.2 Å². The Morgan fingerprint density at radius 2 is 1.91 bits per heavy atom. The minimum atomic E-state index is -4.16. The molecule has 1 aromatic heterocycles. The van der Waals surface area contributed by atoms with E-state index in [4.69, 9.17) is 0 Å². The van der Waals surface area contributed by atoms with Crippen LogP contribution in [0.25, 0.3) is 10.9 Å². The molecule has 0 radical (unpaired) electrons. The van der Waals surface area contributed by atoms with Gasteiger partial charge < -0.3 is 15.6 Å². The van der Waals surface area contributed by atoms with Crippen molar-refractivity contribution in [3.05, 3.63) is 36.0 Å². The van der Waals surface area contributed by atoms with Gasteiger partial charge in [0.15, 0.2) is 5.96 Å². The molecule has 2 aromatic rings. The fourth-order valence-corrected chi connectivity index (χ4v) is 2.20.